The van der Waals surface area contributed by atoms with Gasteiger partial charge < -0.3 is 10.2 Å². The van der Waals surface area contributed by atoms with Crippen LogP contribution in [-0.2, 0) is 0 Å². The highest BCUT2D eigenvalue weighted by molar-refractivity contribution is 5.99. The van der Waals surface area contributed by atoms with Gasteiger partial charge in [0.15, 0.2) is 5.82 Å². The number of aromatic nitrogens is 2. The normalized spacial score (nSPS) is 15.6. The summed E-state index contributed by atoms with van der Waals surface area (Å²) < 4.78 is 0. The number of nitrogens with zero attached hydrogens (tertiary/aromatic N) is 3. The molecule has 0 spiro atoms. The lowest BCUT2D eigenvalue weighted by Gasteiger charge is -2.29. The molecule has 1 atom stereocenters. The second kappa shape index (κ2) is 8.30. The summed E-state index contributed by atoms with van der Waals surface area (Å²) in [5.74, 6) is 1.35. The van der Waals surface area contributed by atoms with E-state index in [0.29, 0.717) is 11.4 Å². The lowest BCUT2D eigenvalue weighted by molar-refractivity contribution is 0.0939. The lowest BCUT2D eigenvalue weighted by atomic mass is 10.1. The van der Waals surface area contributed by atoms with E-state index in [-0.39, 0.29) is 11.9 Å². The van der Waals surface area contributed by atoms with Gasteiger partial charge in [-0.05, 0) is 45.6 Å². The number of benzene rings is 1. The van der Waals surface area contributed by atoms with E-state index in [1.807, 2.05) is 19.1 Å². The number of nitrogens with one attached hydrogen (secondary N) is 1. The van der Waals surface area contributed by atoms with Crippen molar-refractivity contribution in [2.45, 2.75) is 52.5 Å². The Balaban J connectivity index is 1.99. The second-order valence-corrected chi connectivity index (χ2v) is 7.13. The summed E-state index contributed by atoms with van der Waals surface area (Å²) in [6.07, 6.45) is 6.09. The summed E-state index contributed by atoms with van der Waals surface area (Å²) in [5.41, 5.74) is 2.73. The van der Waals surface area contributed by atoms with E-state index < -0.39 is 0 Å². The molecule has 1 aromatic carbocycles. The van der Waals surface area contributed by atoms with E-state index in [1.165, 1.54) is 12.0 Å². The van der Waals surface area contributed by atoms with Gasteiger partial charge >= 0.3 is 0 Å². The third kappa shape index (κ3) is 4.21. The minimum atomic E-state index is -0.0873. The van der Waals surface area contributed by atoms with Crippen molar-refractivity contribution in [3.8, 4) is 11.4 Å². The molecule has 0 radical (unpaired) electrons. The quantitative estimate of drug-likeness (QED) is 0.884. The number of carbonyl (C=O) groups excluding carboxylic acids is 1. The van der Waals surface area contributed by atoms with Crippen LogP contribution in [0.1, 0.15) is 55.5 Å². The van der Waals surface area contributed by atoms with E-state index >= 15 is 0 Å². The minimum absolute atomic E-state index is 0.0873. The Labute approximate surface area is 155 Å². The highest BCUT2D eigenvalue weighted by atomic mass is 16.1. The summed E-state index contributed by atoms with van der Waals surface area (Å²) in [7, 11) is 0. The predicted molar refractivity (Wildman–Crippen MR) is 105 cm³/mol. The zero-order valence-corrected chi connectivity index (χ0v) is 16.0. The van der Waals surface area contributed by atoms with Crippen LogP contribution >= 0.6 is 0 Å². The van der Waals surface area contributed by atoms with Crippen molar-refractivity contribution < 1.29 is 4.79 Å². The van der Waals surface area contributed by atoms with Gasteiger partial charge in [-0.3, -0.25) is 4.79 Å². The first-order valence-electron chi connectivity index (χ1n) is 9.58. The molecule has 5 nitrogen and oxygen atoms in total. The number of anilines is 1. The first-order valence-corrected chi connectivity index (χ1v) is 9.58. The van der Waals surface area contributed by atoms with Gasteiger partial charge in [0, 0.05) is 30.9 Å². The third-order valence-corrected chi connectivity index (χ3v) is 4.94. The summed E-state index contributed by atoms with van der Waals surface area (Å²) in [4.78, 5) is 24.3. The molecule has 0 unspecified atom stereocenters. The Bertz CT molecular complexity index is 768. The number of hydrogen-bond acceptors (Lipinski definition) is 4. The molecule has 26 heavy (non-hydrogen) atoms. The van der Waals surface area contributed by atoms with E-state index in [1.54, 1.807) is 6.20 Å². The Morgan fingerprint density at radius 3 is 2.73 bits per heavy atom. The SMILES string of the molecule is CC[C@H](C)NC(=O)c1cnc(-c2cccc(C)c2)nc1N1CCCCC1. The van der Waals surface area contributed by atoms with Gasteiger partial charge in [0.2, 0.25) is 0 Å². The molecule has 2 aromatic rings. The van der Waals surface area contributed by atoms with Crippen molar-refractivity contribution in [2.24, 2.45) is 0 Å². The number of rotatable bonds is 5. The summed E-state index contributed by atoms with van der Waals surface area (Å²) >= 11 is 0. The van der Waals surface area contributed by atoms with E-state index in [0.717, 1.165) is 43.7 Å². The van der Waals surface area contributed by atoms with Crippen LogP contribution in [0, 0.1) is 6.92 Å². The number of hydrogen-bond donors (Lipinski definition) is 1. The van der Waals surface area contributed by atoms with Crippen LogP contribution in [0.2, 0.25) is 0 Å². The summed E-state index contributed by atoms with van der Waals surface area (Å²) in [6.45, 7) is 8.01. The average Bonchev–Trinajstić information content (AvgIpc) is 2.68. The average molecular weight is 352 g/mol. The van der Waals surface area contributed by atoms with Gasteiger partial charge in [-0.2, -0.15) is 0 Å². The van der Waals surface area contributed by atoms with Crippen LogP contribution in [0.15, 0.2) is 30.5 Å². The zero-order valence-electron chi connectivity index (χ0n) is 16.0. The monoisotopic (exact) mass is 352 g/mol. The maximum Gasteiger partial charge on any atom is 0.256 e. The zero-order chi connectivity index (χ0) is 18.5. The Kier molecular flexibility index (Phi) is 5.86. The molecule has 5 heteroatoms. The highest BCUT2D eigenvalue weighted by Crippen LogP contribution is 2.25. The smallest absolute Gasteiger partial charge is 0.256 e. The highest BCUT2D eigenvalue weighted by Gasteiger charge is 2.22. The number of piperidine rings is 1. The molecular formula is C21H28N4O. The van der Waals surface area contributed by atoms with Crippen molar-refractivity contribution >= 4 is 11.7 Å². The number of aryl methyl sites for hydroxylation is 1. The van der Waals surface area contributed by atoms with Crippen molar-refractivity contribution in [3.63, 3.8) is 0 Å². The van der Waals surface area contributed by atoms with Gasteiger partial charge in [0.1, 0.15) is 11.4 Å². The first kappa shape index (κ1) is 18.4. The molecule has 1 amide bonds. The van der Waals surface area contributed by atoms with Gasteiger partial charge in [-0.15, -0.1) is 0 Å². The molecule has 1 fully saturated rings. The van der Waals surface area contributed by atoms with Crippen LogP contribution in [-0.4, -0.2) is 35.0 Å². The Morgan fingerprint density at radius 2 is 2.04 bits per heavy atom. The fourth-order valence-electron chi connectivity index (χ4n) is 3.21. The molecule has 0 aliphatic carbocycles. The fraction of sp³-hybridized carbons (Fsp3) is 0.476. The molecule has 3 rings (SSSR count). The van der Waals surface area contributed by atoms with Crippen molar-refractivity contribution in [2.75, 3.05) is 18.0 Å². The molecule has 1 aliphatic rings. The second-order valence-electron chi connectivity index (χ2n) is 7.13. The van der Waals surface area contributed by atoms with Crippen LogP contribution < -0.4 is 10.2 Å². The van der Waals surface area contributed by atoms with Crippen molar-refractivity contribution in [1.82, 2.24) is 15.3 Å². The molecule has 2 heterocycles. The summed E-state index contributed by atoms with van der Waals surface area (Å²) in [5, 5.41) is 3.05. The maximum atomic E-state index is 12.8. The molecular weight excluding hydrogens is 324 g/mol. The minimum Gasteiger partial charge on any atom is -0.356 e. The van der Waals surface area contributed by atoms with Crippen LogP contribution in [0.3, 0.4) is 0 Å². The van der Waals surface area contributed by atoms with Gasteiger partial charge in [0.25, 0.3) is 5.91 Å². The van der Waals surface area contributed by atoms with Crippen molar-refractivity contribution in [1.29, 1.82) is 0 Å². The maximum absolute atomic E-state index is 12.8. The van der Waals surface area contributed by atoms with Crippen LogP contribution in [0.5, 0.6) is 0 Å². The topological polar surface area (TPSA) is 58.1 Å². The number of carbonyl (C=O) groups is 1. The molecule has 1 aliphatic heterocycles. The van der Waals surface area contributed by atoms with Crippen LogP contribution in [0.4, 0.5) is 5.82 Å². The molecule has 0 saturated carbocycles. The molecule has 0 bridgehead atoms. The standard InChI is InChI=1S/C21H28N4O/c1-4-16(3)23-21(26)18-14-22-19(17-10-8-9-15(2)13-17)24-20(18)25-11-6-5-7-12-25/h8-10,13-14,16H,4-7,11-12H2,1-3H3,(H,23,26)/t16-/m0/s1. The molecule has 138 valence electrons. The van der Waals surface area contributed by atoms with Crippen molar-refractivity contribution in [3.05, 3.63) is 41.6 Å². The Hall–Kier alpha value is -2.43. The first-order chi connectivity index (χ1) is 12.6. The Morgan fingerprint density at radius 1 is 1.27 bits per heavy atom. The third-order valence-electron chi connectivity index (χ3n) is 4.94. The van der Waals surface area contributed by atoms with Crippen LogP contribution in [0.25, 0.3) is 11.4 Å². The molecule has 1 N–H and O–H groups in total. The largest absolute Gasteiger partial charge is 0.356 e. The lowest BCUT2D eigenvalue weighted by Crippen LogP contribution is -2.36. The predicted octanol–water partition coefficient (Wildman–Crippen LogP) is 3.97. The molecule has 1 aromatic heterocycles. The van der Waals surface area contributed by atoms with E-state index in [2.05, 4.69) is 41.2 Å². The number of amides is 1. The molecule has 1 saturated heterocycles. The van der Waals surface area contributed by atoms with E-state index in [4.69, 9.17) is 4.98 Å². The summed E-state index contributed by atoms with van der Waals surface area (Å²) in [6, 6.07) is 8.30. The fourth-order valence-corrected chi connectivity index (χ4v) is 3.21. The van der Waals surface area contributed by atoms with Gasteiger partial charge in [0.05, 0.1) is 0 Å². The van der Waals surface area contributed by atoms with E-state index in [9.17, 15) is 4.79 Å². The van der Waals surface area contributed by atoms with Gasteiger partial charge in [-0.1, -0.05) is 30.7 Å². The van der Waals surface area contributed by atoms with Gasteiger partial charge in [-0.25, -0.2) is 9.97 Å².